The maximum Gasteiger partial charge on any atom is 0.261 e. The maximum atomic E-state index is 12.2. The van der Waals surface area contributed by atoms with Gasteiger partial charge in [0.15, 0.2) is 0 Å². The number of benzene rings is 1. The van der Waals surface area contributed by atoms with Crippen molar-refractivity contribution in [3.05, 3.63) is 29.3 Å². The van der Waals surface area contributed by atoms with E-state index in [2.05, 4.69) is 5.43 Å². The van der Waals surface area contributed by atoms with Crippen LogP contribution in [0.15, 0.2) is 24.3 Å². The highest BCUT2D eigenvalue weighted by atomic mass is 35.5. The van der Waals surface area contributed by atoms with E-state index in [1.807, 2.05) is 0 Å². The first-order valence-electron chi connectivity index (χ1n) is 5.55. The lowest BCUT2D eigenvalue weighted by atomic mass is 9.68. The Hall–Kier alpha value is -1.55. The van der Waals surface area contributed by atoms with E-state index in [1.165, 1.54) is 5.01 Å². The van der Waals surface area contributed by atoms with Crippen LogP contribution in [-0.4, -0.2) is 11.8 Å². The van der Waals surface area contributed by atoms with Gasteiger partial charge in [0.1, 0.15) is 5.41 Å². The van der Waals surface area contributed by atoms with Gasteiger partial charge in [-0.25, -0.2) is 5.01 Å². The lowest BCUT2D eigenvalue weighted by Crippen LogP contribution is -2.42. The fraction of sp³-hybridized carbons (Fsp3) is 0.333. The van der Waals surface area contributed by atoms with E-state index in [9.17, 15) is 9.59 Å². The predicted octanol–water partition coefficient (Wildman–Crippen LogP) is 1.89. The average Bonchev–Trinajstić information content (AvgIpc) is 2.50. The van der Waals surface area contributed by atoms with Crippen molar-refractivity contribution in [3.63, 3.8) is 0 Å². The Morgan fingerprint density at radius 3 is 2.59 bits per heavy atom. The molecule has 1 saturated heterocycles. The highest BCUT2D eigenvalue weighted by Crippen LogP contribution is 2.46. The Morgan fingerprint density at radius 1 is 1.29 bits per heavy atom. The van der Waals surface area contributed by atoms with Gasteiger partial charge in [-0.15, -0.1) is 0 Å². The maximum absolute atomic E-state index is 12.2. The second kappa shape index (κ2) is 3.47. The smallest absolute Gasteiger partial charge is 0.261 e. The zero-order valence-electron chi connectivity index (χ0n) is 9.07. The quantitative estimate of drug-likeness (QED) is 0.774. The second-order valence-electron chi connectivity index (χ2n) is 4.50. The van der Waals surface area contributed by atoms with Crippen LogP contribution in [0.3, 0.4) is 0 Å². The molecular formula is C12H11ClN2O2. The minimum absolute atomic E-state index is 0.156. The van der Waals surface area contributed by atoms with Crippen molar-refractivity contribution in [1.29, 1.82) is 0 Å². The summed E-state index contributed by atoms with van der Waals surface area (Å²) >= 11 is 5.88. The molecule has 0 unspecified atom stereocenters. The van der Waals surface area contributed by atoms with Crippen molar-refractivity contribution in [1.82, 2.24) is 5.43 Å². The van der Waals surface area contributed by atoms with Crippen LogP contribution in [-0.2, 0) is 9.59 Å². The second-order valence-corrected chi connectivity index (χ2v) is 4.93. The number of hydrogen-bond donors (Lipinski definition) is 1. The Kier molecular flexibility index (Phi) is 2.16. The van der Waals surface area contributed by atoms with Gasteiger partial charge in [-0.3, -0.25) is 15.0 Å². The van der Waals surface area contributed by atoms with E-state index < -0.39 is 5.41 Å². The van der Waals surface area contributed by atoms with Gasteiger partial charge in [0, 0.05) is 5.02 Å². The van der Waals surface area contributed by atoms with Crippen LogP contribution >= 0.6 is 11.6 Å². The molecule has 2 fully saturated rings. The molecule has 0 atom stereocenters. The Morgan fingerprint density at radius 2 is 2.06 bits per heavy atom. The zero-order valence-corrected chi connectivity index (χ0v) is 9.83. The van der Waals surface area contributed by atoms with Gasteiger partial charge in [-0.05, 0) is 31.0 Å². The van der Waals surface area contributed by atoms with E-state index >= 15 is 0 Å². The number of amides is 2. The van der Waals surface area contributed by atoms with Gasteiger partial charge in [0.25, 0.3) is 11.8 Å². The van der Waals surface area contributed by atoms with Gasteiger partial charge < -0.3 is 0 Å². The van der Waals surface area contributed by atoms with Crippen molar-refractivity contribution in [2.24, 2.45) is 5.41 Å². The standard InChI is InChI=1S/C12H11ClN2O2/c13-8-3-1-4-9(7-8)15-11(17)12(5-2-6-12)10(16)14-15/h1,3-4,7H,2,5-6H2,(H,14,16). The van der Waals surface area contributed by atoms with Crippen LogP contribution in [0.4, 0.5) is 5.69 Å². The van der Waals surface area contributed by atoms with Gasteiger partial charge in [0.05, 0.1) is 5.69 Å². The molecule has 0 aromatic heterocycles. The molecule has 5 heteroatoms. The highest BCUT2D eigenvalue weighted by Gasteiger charge is 2.58. The molecule has 2 aliphatic rings. The van der Waals surface area contributed by atoms with E-state index in [4.69, 9.17) is 11.6 Å². The molecule has 1 aliphatic heterocycles. The lowest BCUT2D eigenvalue weighted by molar-refractivity contribution is -0.140. The largest absolute Gasteiger partial charge is 0.272 e. The van der Waals surface area contributed by atoms with Crippen LogP contribution < -0.4 is 10.4 Å². The van der Waals surface area contributed by atoms with Crippen LogP contribution in [0.2, 0.25) is 5.02 Å². The number of anilines is 1. The van der Waals surface area contributed by atoms with Crippen LogP contribution in [0.1, 0.15) is 19.3 Å². The molecule has 1 aliphatic carbocycles. The first-order valence-corrected chi connectivity index (χ1v) is 5.92. The zero-order chi connectivity index (χ0) is 12.0. The number of nitrogens with zero attached hydrogens (tertiary/aromatic N) is 1. The normalized spacial score (nSPS) is 21.6. The van der Waals surface area contributed by atoms with Crippen LogP contribution in [0.25, 0.3) is 0 Å². The van der Waals surface area contributed by atoms with E-state index in [0.717, 1.165) is 6.42 Å². The monoisotopic (exact) mass is 250 g/mol. The predicted molar refractivity (Wildman–Crippen MR) is 63.4 cm³/mol. The molecule has 1 aromatic rings. The molecule has 1 aromatic carbocycles. The third kappa shape index (κ3) is 1.37. The molecule has 1 saturated carbocycles. The van der Waals surface area contributed by atoms with Crippen molar-refractivity contribution < 1.29 is 9.59 Å². The summed E-state index contributed by atoms with van der Waals surface area (Å²) in [6.07, 6.45) is 2.23. The minimum atomic E-state index is -0.803. The van der Waals surface area contributed by atoms with E-state index in [1.54, 1.807) is 24.3 Å². The summed E-state index contributed by atoms with van der Waals surface area (Å²) in [6.45, 7) is 0. The molecule has 0 bridgehead atoms. The first-order chi connectivity index (χ1) is 8.13. The number of rotatable bonds is 1. The number of hydrogen-bond acceptors (Lipinski definition) is 2. The molecule has 0 radical (unpaired) electrons. The third-order valence-corrected chi connectivity index (χ3v) is 3.77. The molecule has 3 rings (SSSR count). The average molecular weight is 251 g/mol. The van der Waals surface area contributed by atoms with E-state index in [-0.39, 0.29) is 11.8 Å². The highest BCUT2D eigenvalue weighted by molar-refractivity contribution is 6.31. The molecule has 4 nitrogen and oxygen atoms in total. The van der Waals surface area contributed by atoms with Crippen LogP contribution in [0.5, 0.6) is 0 Å². The number of halogens is 1. The molecule has 2 amide bonds. The van der Waals surface area contributed by atoms with Crippen molar-refractivity contribution in [2.75, 3.05) is 5.01 Å². The minimum Gasteiger partial charge on any atom is -0.272 e. The van der Waals surface area contributed by atoms with Gasteiger partial charge in [-0.2, -0.15) is 0 Å². The number of nitrogens with one attached hydrogen (secondary N) is 1. The van der Waals surface area contributed by atoms with Gasteiger partial charge >= 0.3 is 0 Å². The number of carbonyl (C=O) groups is 2. The molecular weight excluding hydrogens is 240 g/mol. The summed E-state index contributed by atoms with van der Waals surface area (Å²) in [7, 11) is 0. The molecule has 1 spiro atoms. The summed E-state index contributed by atoms with van der Waals surface area (Å²) in [5.41, 5.74) is 2.43. The van der Waals surface area contributed by atoms with Crippen molar-refractivity contribution in [3.8, 4) is 0 Å². The number of carbonyl (C=O) groups excluding carboxylic acids is 2. The van der Waals surface area contributed by atoms with Gasteiger partial charge in [0.2, 0.25) is 0 Å². The van der Waals surface area contributed by atoms with Crippen molar-refractivity contribution >= 4 is 29.1 Å². The summed E-state index contributed by atoms with van der Waals surface area (Å²) < 4.78 is 0. The summed E-state index contributed by atoms with van der Waals surface area (Å²) in [5.74, 6) is -0.343. The Balaban J connectivity index is 1.96. The third-order valence-electron chi connectivity index (χ3n) is 3.53. The first kappa shape index (κ1) is 10.6. The molecule has 17 heavy (non-hydrogen) atoms. The Labute approximate surface area is 104 Å². The topological polar surface area (TPSA) is 49.4 Å². The number of hydrazine groups is 1. The molecule has 1 N–H and O–H groups in total. The summed E-state index contributed by atoms with van der Waals surface area (Å²) in [6, 6.07) is 6.90. The Bertz CT molecular complexity index is 511. The summed E-state index contributed by atoms with van der Waals surface area (Å²) in [4.78, 5) is 24.1. The fourth-order valence-corrected chi connectivity index (χ4v) is 2.52. The molecule has 1 heterocycles. The van der Waals surface area contributed by atoms with E-state index in [0.29, 0.717) is 23.6 Å². The summed E-state index contributed by atoms with van der Waals surface area (Å²) in [5, 5.41) is 1.85. The van der Waals surface area contributed by atoms with Crippen molar-refractivity contribution in [2.45, 2.75) is 19.3 Å². The van der Waals surface area contributed by atoms with Gasteiger partial charge in [-0.1, -0.05) is 24.1 Å². The SMILES string of the molecule is O=C1NN(c2cccc(Cl)c2)C(=O)C12CCC2. The lowest BCUT2D eigenvalue weighted by Gasteiger charge is -2.32. The fourth-order valence-electron chi connectivity index (χ4n) is 2.34. The van der Waals surface area contributed by atoms with Crippen LogP contribution in [0, 0.1) is 5.41 Å². The molecule has 88 valence electrons.